The highest BCUT2D eigenvalue weighted by molar-refractivity contribution is 5.13. The van der Waals surface area contributed by atoms with Crippen LogP contribution in [0.2, 0.25) is 0 Å². The Morgan fingerprint density at radius 3 is 2.39 bits per heavy atom. The molecule has 0 bridgehead atoms. The van der Waals surface area contributed by atoms with E-state index in [1.807, 2.05) is 0 Å². The van der Waals surface area contributed by atoms with E-state index < -0.39 is 0 Å². The fourth-order valence-electron chi connectivity index (χ4n) is 9.63. The molecule has 0 spiro atoms. The van der Waals surface area contributed by atoms with Crippen molar-refractivity contribution in [2.45, 2.75) is 104 Å². The van der Waals surface area contributed by atoms with Gasteiger partial charge < -0.3 is 10.2 Å². The number of hydrogen-bond acceptors (Lipinski definition) is 2. The van der Waals surface area contributed by atoms with Crippen LogP contribution >= 0.6 is 0 Å². The molecule has 4 aliphatic rings. The van der Waals surface area contributed by atoms with Gasteiger partial charge in [0.2, 0.25) is 0 Å². The molecule has 0 radical (unpaired) electrons. The molecule has 4 fully saturated rings. The van der Waals surface area contributed by atoms with Crippen LogP contribution in [0.3, 0.4) is 0 Å². The van der Waals surface area contributed by atoms with Crippen LogP contribution in [0.1, 0.15) is 98.3 Å². The van der Waals surface area contributed by atoms with Crippen molar-refractivity contribution >= 4 is 0 Å². The lowest BCUT2D eigenvalue weighted by Crippen LogP contribution is -2.61. The summed E-state index contributed by atoms with van der Waals surface area (Å²) >= 11 is 0. The Bertz CT molecular complexity index is 547. The third kappa shape index (κ3) is 3.03. The van der Waals surface area contributed by atoms with Gasteiger partial charge in [-0.05, 0) is 104 Å². The molecule has 2 N–H and O–H groups in total. The molecule has 4 aliphatic carbocycles. The molecular weight excluding hydrogens is 344 g/mol. The Hall–Kier alpha value is -0.0800. The van der Waals surface area contributed by atoms with Crippen LogP contribution in [0.25, 0.3) is 0 Å². The number of fused-ring (bicyclic) bond motifs is 5. The van der Waals surface area contributed by atoms with Crippen molar-refractivity contribution in [2.75, 3.05) is 6.61 Å². The van der Waals surface area contributed by atoms with E-state index >= 15 is 0 Å². The van der Waals surface area contributed by atoms with E-state index in [-0.39, 0.29) is 6.10 Å². The van der Waals surface area contributed by atoms with Gasteiger partial charge in [-0.2, -0.15) is 0 Å². The summed E-state index contributed by atoms with van der Waals surface area (Å²) < 4.78 is 0. The molecule has 0 aromatic carbocycles. The maximum Gasteiger partial charge on any atom is 0.0605 e. The van der Waals surface area contributed by atoms with E-state index in [2.05, 4.69) is 27.7 Å². The van der Waals surface area contributed by atoms with Gasteiger partial charge in [-0.1, -0.05) is 47.0 Å². The molecule has 10 atom stereocenters. The predicted octanol–water partition coefficient (Wildman–Crippen LogP) is 6.05. The van der Waals surface area contributed by atoms with Crippen LogP contribution in [0, 0.1) is 52.3 Å². The quantitative estimate of drug-likeness (QED) is 0.600. The molecular formula is C26H46O2. The summed E-state index contributed by atoms with van der Waals surface area (Å²) in [6.07, 6.45) is 14.2. The smallest absolute Gasteiger partial charge is 0.0605 e. The van der Waals surface area contributed by atoms with Gasteiger partial charge in [0.05, 0.1) is 6.10 Å². The number of rotatable bonds is 5. The van der Waals surface area contributed by atoms with E-state index in [1.54, 1.807) is 0 Å². The molecule has 0 amide bonds. The Kier molecular flexibility index (Phi) is 5.95. The highest BCUT2D eigenvalue weighted by Crippen LogP contribution is 2.69. The monoisotopic (exact) mass is 390 g/mol. The van der Waals surface area contributed by atoms with E-state index in [9.17, 15) is 10.2 Å². The third-order valence-corrected chi connectivity index (χ3v) is 10.9. The van der Waals surface area contributed by atoms with Gasteiger partial charge in [0, 0.05) is 6.61 Å². The van der Waals surface area contributed by atoms with Crippen LogP contribution in [-0.4, -0.2) is 22.9 Å². The molecule has 2 heteroatoms. The van der Waals surface area contributed by atoms with Crippen LogP contribution in [0.4, 0.5) is 0 Å². The van der Waals surface area contributed by atoms with Crippen LogP contribution < -0.4 is 0 Å². The zero-order valence-corrected chi connectivity index (χ0v) is 19.0. The maximum atomic E-state index is 11.7. The second kappa shape index (κ2) is 7.88. The average Bonchev–Trinajstić information content (AvgIpc) is 3.04. The zero-order chi connectivity index (χ0) is 20.1. The first-order valence-corrected chi connectivity index (χ1v) is 12.7. The lowest BCUT2D eigenvalue weighted by molar-refractivity contribution is -0.194. The Balaban J connectivity index is 1.63. The highest BCUT2D eigenvalue weighted by atomic mass is 16.3. The molecule has 0 aliphatic heterocycles. The molecule has 162 valence electrons. The van der Waals surface area contributed by atoms with E-state index in [4.69, 9.17) is 0 Å². The van der Waals surface area contributed by atoms with Crippen LogP contribution in [0.15, 0.2) is 0 Å². The first-order valence-electron chi connectivity index (χ1n) is 12.7. The van der Waals surface area contributed by atoms with E-state index in [0.717, 1.165) is 42.9 Å². The fourth-order valence-corrected chi connectivity index (χ4v) is 9.63. The molecule has 0 unspecified atom stereocenters. The highest BCUT2D eigenvalue weighted by Gasteiger charge is 2.64. The largest absolute Gasteiger partial charge is 0.396 e. The molecule has 0 aromatic rings. The summed E-state index contributed by atoms with van der Waals surface area (Å²) in [7, 11) is 0. The summed E-state index contributed by atoms with van der Waals surface area (Å²) in [5.41, 5.74) is 0.887. The van der Waals surface area contributed by atoms with E-state index in [0.29, 0.717) is 35.2 Å². The molecule has 2 nitrogen and oxygen atoms in total. The van der Waals surface area contributed by atoms with Crippen molar-refractivity contribution in [1.29, 1.82) is 0 Å². The minimum Gasteiger partial charge on any atom is -0.396 e. The maximum absolute atomic E-state index is 11.7. The predicted molar refractivity (Wildman–Crippen MR) is 116 cm³/mol. The molecule has 0 saturated heterocycles. The zero-order valence-electron chi connectivity index (χ0n) is 19.0. The summed E-state index contributed by atoms with van der Waals surface area (Å²) in [5.74, 6) is 4.79. The van der Waals surface area contributed by atoms with Gasteiger partial charge in [0.25, 0.3) is 0 Å². The van der Waals surface area contributed by atoms with Crippen molar-refractivity contribution in [3.05, 3.63) is 0 Å². The molecule has 28 heavy (non-hydrogen) atoms. The first kappa shape index (κ1) is 21.2. The standard InChI is InChI=1S/C26H46O2/c1-5-18-20-10-6-7-14-25(20,3)22-13-15-26(4)19(17(2)9-8-16-27)11-12-21(26)23(22)24(18)28/h17-24,27-28H,5-16H2,1-4H3/t17-,18+,19-,20+,21+,22+,23+,24+,25+,26-/m1/s1. The minimum absolute atomic E-state index is 0.0673. The number of aliphatic hydroxyl groups excluding tert-OH is 2. The Morgan fingerprint density at radius 1 is 0.929 bits per heavy atom. The lowest BCUT2D eigenvalue weighted by atomic mass is 9.41. The van der Waals surface area contributed by atoms with Crippen molar-refractivity contribution in [1.82, 2.24) is 0 Å². The topological polar surface area (TPSA) is 40.5 Å². The van der Waals surface area contributed by atoms with Gasteiger partial charge in [-0.25, -0.2) is 0 Å². The number of aliphatic hydroxyl groups is 2. The Morgan fingerprint density at radius 2 is 1.68 bits per heavy atom. The van der Waals surface area contributed by atoms with Gasteiger partial charge in [0.1, 0.15) is 0 Å². The van der Waals surface area contributed by atoms with E-state index in [1.165, 1.54) is 51.4 Å². The van der Waals surface area contributed by atoms with Crippen LogP contribution in [-0.2, 0) is 0 Å². The lowest BCUT2D eigenvalue weighted by Gasteiger charge is -2.64. The van der Waals surface area contributed by atoms with Crippen molar-refractivity contribution in [3.8, 4) is 0 Å². The van der Waals surface area contributed by atoms with Crippen molar-refractivity contribution in [3.63, 3.8) is 0 Å². The normalized spacial score (nSPS) is 51.9. The second-order valence-corrected chi connectivity index (χ2v) is 11.8. The average molecular weight is 391 g/mol. The minimum atomic E-state index is -0.0673. The summed E-state index contributed by atoms with van der Waals surface area (Å²) in [5, 5.41) is 21.0. The third-order valence-electron chi connectivity index (χ3n) is 10.9. The molecule has 4 rings (SSSR count). The Labute approximate surface area is 173 Å². The molecule has 4 saturated carbocycles. The first-order chi connectivity index (χ1) is 13.4. The summed E-state index contributed by atoms with van der Waals surface area (Å²) in [6, 6.07) is 0. The van der Waals surface area contributed by atoms with Gasteiger partial charge in [-0.15, -0.1) is 0 Å². The van der Waals surface area contributed by atoms with Crippen molar-refractivity contribution in [2.24, 2.45) is 52.3 Å². The molecule has 0 aromatic heterocycles. The summed E-state index contributed by atoms with van der Waals surface area (Å²) in [6.45, 7) is 10.3. The molecule has 0 heterocycles. The summed E-state index contributed by atoms with van der Waals surface area (Å²) in [4.78, 5) is 0. The fraction of sp³-hybridized carbons (Fsp3) is 1.00. The van der Waals surface area contributed by atoms with Gasteiger partial charge >= 0.3 is 0 Å². The van der Waals surface area contributed by atoms with Crippen molar-refractivity contribution < 1.29 is 10.2 Å². The van der Waals surface area contributed by atoms with Gasteiger partial charge in [0.15, 0.2) is 0 Å². The van der Waals surface area contributed by atoms with Crippen LogP contribution in [0.5, 0.6) is 0 Å². The number of hydrogen-bond donors (Lipinski definition) is 2. The second-order valence-electron chi connectivity index (χ2n) is 11.8. The SMILES string of the molecule is CC[C@@H]1[C@H](O)[C@@H]2[C@H](CC[C@]3(C)[C@@H]([C@H](C)CCCO)CC[C@@H]23)[C@@]2(C)CCCC[C@@H]12. The van der Waals surface area contributed by atoms with Gasteiger partial charge in [-0.3, -0.25) is 0 Å².